The maximum Gasteiger partial charge on any atom is 0.226 e. The summed E-state index contributed by atoms with van der Waals surface area (Å²) in [6, 6.07) is 3.12. The maximum absolute atomic E-state index is 12.6. The minimum atomic E-state index is -0.391. The number of carbonyl (C=O) groups excluding carboxylic acids is 1. The number of rotatable bonds is 2. The van der Waals surface area contributed by atoms with Crippen molar-refractivity contribution in [1.29, 1.82) is 0 Å². The Labute approximate surface area is 146 Å². The number of ketones is 1. The van der Waals surface area contributed by atoms with Gasteiger partial charge < -0.3 is 15.2 Å². The van der Waals surface area contributed by atoms with E-state index in [4.69, 9.17) is 4.74 Å². The van der Waals surface area contributed by atoms with Crippen LogP contribution in [0.5, 0.6) is 11.5 Å². The van der Waals surface area contributed by atoms with Crippen molar-refractivity contribution in [2.45, 2.75) is 25.3 Å². The molecule has 2 N–H and O–H groups in total. The number of anilines is 1. The summed E-state index contributed by atoms with van der Waals surface area (Å²) in [5.74, 6) is 1.08. The molecule has 0 bridgehead atoms. The lowest BCUT2D eigenvalue weighted by atomic mass is 9.85. The average molecular weight is 391 g/mol. The second-order valence-electron chi connectivity index (χ2n) is 5.78. The molecular formula is C16H15BrN4O3. The van der Waals surface area contributed by atoms with E-state index >= 15 is 0 Å². The van der Waals surface area contributed by atoms with Crippen LogP contribution in [0.1, 0.15) is 30.9 Å². The summed E-state index contributed by atoms with van der Waals surface area (Å²) in [6.07, 6.45) is 3.62. The Hall–Kier alpha value is -2.35. The van der Waals surface area contributed by atoms with Gasteiger partial charge >= 0.3 is 0 Å². The first-order chi connectivity index (χ1) is 11.6. The van der Waals surface area contributed by atoms with Gasteiger partial charge in [0.2, 0.25) is 5.95 Å². The van der Waals surface area contributed by atoms with Crippen LogP contribution in [0.3, 0.4) is 0 Å². The number of methoxy groups -OCH3 is 1. The van der Waals surface area contributed by atoms with Crippen molar-refractivity contribution in [2.75, 3.05) is 12.4 Å². The van der Waals surface area contributed by atoms with E-state index in [9.17, 15) is 9.90 Å². The summed E-state index contributed by atoms with van der Waals surface area (Å²) in [7, 11) is 1.49. The van der Waals surface area contributed by atoms with Crippen molar-refractivity contribution in [3.8, 4) is 11.5 Å². The normalized spacial score (nSPS) is 19.6. The molecule has 1 aliphatic heterocycles. The highest BCUT2D eigenvalue weighted by atomic mass is 79.9. The Morgan fingerprint density at radius 2 is 2.25 bits per heavy atom. The van der Waals surface area contributed by atoms with E-state index in [1.807, 2.05) is 0 Å². The topological polar surface area (TPSA) is 89.3 Å². The number of allylic oxidation sites excluding steroid dienone is 2. The zero-order valence-corrected chi connectivity index (χ0v) is 14.5. The number of hydrogen-bond donors (Lipinski definition) is 2. The van der Waals surface area contributed by atoms with Crippen LogP contribution < -0.4 is 10.1 Å². The van der Waals surface area contributed by atoms with Crippen molar-refractivity contribution in [3.05, 3.63) is 39.8 Å². The van der Waals surface area contributed by atoms with E-state index in [1.165, 1.54) is 13.4 Å². The summed E-state index contributed by atoms with van der Waals surface area (Å²) >= 11 is 3.35. The van der Waals surface area contributed by atoms with Crippen molar-refractivity contribution in [2.24, 2.45) is 0 Å². The molecule has 0 radical (unpaired) electrons. The van der Waals surface area contributed by atoms with Crippen LogP contribution in [0.25, 0.3) is 0 Å². The van der Waals surface area contributed by atoms with Crippen molar-refractivity contribution in [1.82, 2.24) is 14.8 Å². The maximum atomic E-state index is 12.6. The fourth-order valence-corrected chi connectivity index (χ4v) is 3.77. The van der Waals surface area contributed by atoms with Gasteiger partial charge in [-0.25, -0.2) is 4.68 Å². The van der Waals surface area contributed by atoms with Crippen LogP contribution in [0.4, 0.5) is 5.95 Å². The third-order valence-electron chi connectivity index (χ3n) is 4.40. The predicted molar refractivity (Wildman–Crippen MR) is 90.0 cm³/mol. The van der Waals surface area contributed by atoms with Crippen LogP contribution in [0, 0.1) is 0 Å². The smallest absolute Gasteiger partial charge is 0.226 e. The number of phenolic OH excluding ortho intramolecular Hbond substituents is 1. The number of hydrogen-bond acceptors (Lipinski definition) is 6. The van der Waals surface area contributed by atoms with Gasteiger partial charge in [-0.15, -0.1) is 0 Å². The minimum absolute atomic E-state index is 0.0261. The number of halogens is 1. The quantitative estimate of drug-likeness (QED) is 0.819. The molecule has 0 saturated carbocycles. The van der Waals surface area contributed by atoms with Crippen LogP contribution in [0.2, 0.25) is 0 Å². The average Bonchev–Trinajstić information content (AvgIpc) is 3.03. The highest BCUT2D eigenvalue weighted by Crippen LogP contribution is 2.43. The molecular weight excluding hydrogens is 376 g/mol. The number of carbonyl (C=O) groups is 1. The Balaban J connectivity index is 1.94. The first-order valence-corrected chi connectivity index (χ1v) is 8.38. The lowest BCUT2D eigenvalue weighted by Gasteiger charge is -2.32. The first-order valence-electron chi connectivity index (χ1n) is 7.59. The second-order valence-corrected chi connectivity index (χ2v) is 6.63. The fourth-order valence-electron chi connectivity index (χ4n) is 3.31. The van der Waals surface area contributed by atoms with Gasteiger partial charge in [-0.2, -0.15) is 10.1 Å². The fraction of sp³-hybridized carbons (Fsp3) is 0.312. The molecule has 1 aromatic carbocycles. The number of aromatic nitrogens is 3. The molecule has 0 saturated heterocycles. The number of phenols is 1. The summed E-state index contributed by atoms with van der Waals surface area (Å²) in [6.45, 7) is 0. The minimum Gasteiger partial charge on any atom is -0.503 e. The molecule has 8 heteroatoms. The van der Waals surface area contributed by atoms with Gasteiger partial charge in [0.1, 0.15) is 12.4 Å². The summed E-state index contributed by atoms with van der Waals surface area (Å²) in [5.41, 5.74) is 2.41. The molecule has 0 spiro atoms. The number of fused-ring (bicyclic) bond motifs is 1. The number of benzene rings is 1. The van der Waals surface area contributed by atoms with Crippen molar-refractivity contribution < 1.29 is 14.6 Å². The Bertz CT molecular complexity index is 874. The van der Waals surface area contributed by atoms with E-state index in [0.29, 0.717) is 28.2 Å². The lowest BCUT2D eigenvalue weighted by Crippen LogP contribution is -2.31. The molecule has 2 heterocycles. The van der Waals surface area contributed by atoms with Crippen LogP contribution in [-0.4, -0.2) is 32.8 Å². The van der Waals surface area contributed by atoms with E-state index < -0.39 is 6.04 Å². The van der Waals surface area contributed by atoms with Crippen molar-refractivity contribution >= 4 is 27.7 Å². The molecule has 0 fully saturated rings. The summed E-state index contributed by atoms with van der Waals surface area (Å²) in [4.78, 5) is 16.8. The van der Waals surface area contributed by atoms with Crippen molar-refractivity contribution in [3.63, 3.8) is 0 Å². The third-order valence-corrected chi connectivity index (χ3v) is 5.00. The van der Waals surface area contributed by atoms with Gasteiger partial charge in [-0.1, -0.05) is 0 Å². The number of Topliss-reactive ketones (excluding diaryl/α,β-unsaturated/α-hetero) is 1. The van der Waals surface area contributed by atoms with E-state index in [2.05, 4.69) is 31.3 Å². The van der Waals surface area contributed by atoms with Gasteiger partial charge in [0.25, 0.3) is 0 Å². The molecule has 24 heavy (non-hydrogen) atoms. The van der Waals surface area contributed by atoms with Gasteiger partial charge in [0.15, 0.2) is 17.3 Å². The molecule has 7 nitrogen and oxygen atoms in total. The first kappa shape index (κ1) is 15.2. The zero-order chi connectivity index (χ0) is 16.8. The standard InChI is InChI=1S/C16H15BrN4O3/c1-24-12-6-8(5-9(17)15(12)23)14-13-10(3-2-4-11(13)22)20-16-18-7-19-21(14)16/h5-7,14,23H,2-4H2,1H3,(H,18,19,20)/t14-/m1/s1. The van der Waals surface area contributed by atoms with Crippen LogP contribution in [0.15, 0.2) is 34.2 Å². The Morgan fingerprint density at radius 1 is 1.42 bits per heavy atom. The highest BCUT2D eigenvalue weighted by molar-refractivity contribution is 9.10. The largest absolute Gasteiger partial charge is 0.503 e. The molecule has 0 unspecified atom stereocenters. The molecule has 1 aromatic heterocycles. The summed E-state index contributed by atoms with van der Waals surface area (Å²) in [5, 5.41) is 17.6. The molecule has 4 rings (SSSR count). The Morgan fingerprint density at radius 3 is 3.04 bits per heavy atom. The number of aromatic hydroxyl groups is 1. The van der Waals surface area contributed by atoms with E-state index in [0.717, 1.165) is 24.1 Å². The zero-order valence-electron chi connectivity index (χ0n) is 12.9. The second kappa shape index (κ2) is 5.62. The van der Waals surface area contributed by atoms with E-state index in [-0.39, 0.29) is 11.5 Å². The van der Waals surface area contributed by atoms with Gasteiger partial charge in [-0.05, 0) is 46.5 Å². The Kier molecular flexibility index (Phi) is 3.56. The number of ether oxygens (including phenoxy) is 1. The number of nitrogens with zero attached hydrogens (tertiary/aromatic N) is 3. The van der Waals surface area contributed by atoms with Gasteiger partial charge in [0.05, 0.1) is 11.6 Å². The molecule has 124 valence electrons. The molecule has 1 atom stereocenters. The lowest BCUT2D eigenvalue weighted by molar-refractivity contribution is -0.116. The SMILES string of the molecule is COc1cc([C@@H]2C3=C(CCCC3=O)Nc3ncnn32)cc(Br)c1O. The predicted octanol–water partition coefficient (Wildman–Crippen LogP) is 2.78. The molecule has 2 aromatic rings. The van der Waals surface area contributed by atoms with Crippen LogP contribution >= 0.6 is 15.9 Å². The monoisotopic (exact) mass is 390 g/mol. The third kappa shape index (κ3) is 2.21. The number of nitrogens with one attached hydrogen (secondary N) is 1. The van der Waals surface area contributed by atoms with Gasteiger partial charge in [0, 0.05) is 17.7 Å². The van der Waals surface area contributed by atoms with Gasteiger partial charge in [-0.3, -0.25) is 4.79 Å². The summed E-state index contributed by atoms with van der Waals surface area (Å²) < 4.78 is 7.44. The van der Waals surface area contributed by atoms with Crippen LogP contribution in [-0.2, 0) is 4.79 Å². The highest BCUT2D eigenvalue weighted by Gasteiger charge is 2.36. The molecule has 1 aliphatic carbocycles. The van der Waals surface area contributed by atoms with E-state index in [1.54, 1.807) is 16.8 Å². The molecule has 0 amide bonds. The molecule has 2 aliphatic rings.